The third-order valence-corrected chi connectivity index (χ3v) is 4.54. The molecular formula is C16H18N4O2S. The van der Waals surface area contributed by atoms with Crippen molar-refractivity contribution in [1.29, 1.82) is 0 Å². The standard InChI is InChI=1S/C16H18N4O2S/c1-19(2)8-5-7-17-14(21)12-10-11-15(23-12)18-13-6-3-4-9-20(13)16(11)22/h3-4,6,9-10H,5,7-8H2,1-2H3,(H,17,21). The number of fused-ring (bicyclic) bond motifs is 2. The summed E-state index contributed by atoms with van der Waals surface area (Å²) in [5, 5.41) is 3.37. The van der Waals surface area contributed by atoms with Gasteiger partial charge in [-0.05, 0) is 45.3 Å². The minimum atomic E-state index is -0.153. The molecular weight excluding hydrogens is 312 g/mol. The fourth-order valence-corrected chi connectivity index (χ4v) is 3.29. The normalized spacial score (nSPS) is 11.4. The zero-order chi connectivity index (χ0) is 16.4. The van der Waals surface area contributed by atoms with Gasteiger partial charge < -0.3 is 10.2 Å². The van der Waals surface area contributed by atoms with Crippen LogP contribution in [0.25, 0.3) is 15.9 Å². The van der Waals surface area contributed by atoms with E-state index in [2.05, 4.69) is 15.2 Å². The average Bonchev–Trinajstić information content (AvgIpc) is 2.96. The Morgan fingerprint density at radius 3 is 3.00 bits per heavy atom. The van der Waals surface area contributed by atoms with Crippen LogP contribution in [0, 0.1) is 0 Å². The van der Waals surface area contributed by atoms with Gasteiger partial charge in [0.05, 0.1) is 10.3 Å². The highest BCUT2D eigenvalue weighted by atomic mass is 32.1. The Bertz CT molecular complexity index is 913. The Kier molecular flexibility index (Phi) is 4.40. The van der Waals surface area contributed by atoms with E-state index in [4.69, 9.17) is 0 Å². The first-order valence-corrected chi connectivity index (χ1v) is 8.22. The SMILES string of the molecule is CN(C)CCCNC(=O)c1cc2c(=O)n3ccccc3nc2s1. The minimum absolute atomic E-state index is 0.145. The van der Waals surface area contributed by atoms with E-state index in [1.165, 1.54) is 15.7 Å². The summed E-state index contributed by atoms with van der Waals surface area (Å²) in [6, 6.07) is 7.03. The lowest BCUT2D eigenvalue weighted by Gasteiger charge is -2.09. The van der Waals surface area contributed by atoms with Gasteiger partial charge in [0.1, 0.15) is 10.5 Å². The summed E-state index contributed by atoms with van der Waals surface area (Å²) < 4.78 is 1.49. The molecule has 6 nitrogen and oxygen atoms in total. The Hall–Kier alpha value is -2.25. The first kappa shape index (κ1) is 15.6. The molecule has 120 valence electrons. The van der Waals surface area contributed by atoms with Crippen molar-refractivity contribution in [3.63, 3.8) is 0 Å². The number of rotatable bonds is 5. The zero-order valence-electron chi connectivity index (χ0n) is 13.1. The van der Waals surface area contributed by atoms with Gasteiger partial charge in [-0.1, -0.05) is 6.07 Å². The first-order valence-electron chi connectivity index (χ1n) is 7.40. The molecule has 3 rings (SSSR count). The molecule has 0 bridgehead atoms. The fourth-order valence-electron chi connectivity index (χ4n) is 2.34. The number of nitrogens with zero attached hydrogens (tertiary/aromatic N) is 3. The molecule has 0 atom stereocenters. The Balaban J connectivity index is 1.85. The van der Waals surface area contributed by atoms with Crippen molar-refractivity contribution < 1.29 is 4.79 Å². The number of nitrogens with one attached hydrogen (secondary N) is 1. The molecule has 0 fully saturated rings. The number of hydrogen-bond donors (Lipinski definition) is 1. The summed E-state index contributed by atoms with van der Waals surface area (Å²) in [6.45, 7) is 1.53. The summed E-state index contributed by atoms with van der Waals surface area (Å²) in [7, 11) is 4.00. The van der Waals surface area contributed by atoms with Crippen LogP contribution in [0.1, 0.15) is 16.1 Å². The molecule has 0 radical (unpaired) electrons. The number of hydrogen-bond acceptors (Lipinski definition) is 5. The molecule has 1 amide bonds. The largest absolute Gasteiger partial charge is 0.351 e. The highest BCUT2D eigenvalue weighted by molar-refractivity contribution is 7.20. The monoisotopic (exact) mass is 330 g/mol. The van der Waals surface area contributed by atoms with Gasteiger partial charge in [-0.2, -0.15) is 0 Å². The van der Waals surface area contributed by atoms with Gasteiger partial charge in [-0.3, -0.25) is 14.0 Å². The Labute approximate surface area is 137 Å². The van der Waals surface area contributed by atoms with E-state index >= 15 is 0 Å². The molecule has 0 spiro atoms. The van der Waals surface area contributed by atoms with Gasteiger partial charge in [0.2, 0.25) is 0 Å². The molecule has 0 aliphatic rings. The predicted molar refractivity (Wildman–Crippen MR) is 92.3 cm³/mol. The van der Waals surface area contributed by atoms with E-state index in [0.29, 0.717) is 27.3 Å². The number of carbonyl (C=O) groups is 1. The Morgan fingerprint density at radius 1 is 1.39 bits per heavy atom. The fraction of sp³-hybridized carbons (Fsp3) is 0.312. The lowest BCUT2D eigenvalue weighted by atomic mass is 10.3. The summed E-state index contributed by atoms with van der Waals surface area (Å²) in [4.78, 5) is 32.3. The number of pyridine rings is 1. The molecule has 0 aliphatic carbocycles. The van der Waals surface area contributed by atoms with Crippen molar-refractivity contribution in [2.45, 2.75) is 6.42 Å². The van der Waals surface area contributed by atoms with Crippen LogP contribution >= 0.6 is 11.3 Å². The van der Waals surface area contributed by atoms with E-state index in [-0.39, 0.29) is 11.5 Å². The lowest BCUT2D eigenvalue weighted by Crippen LogP contribution is -2.26. The van der Waals surface area contributed by atoms with Crippen molar-refractivity contribution in [1.82, 2.24) is 19.6 Å². The third kappa shape index (κ3) is 3.25. The van der Waals surface area contributed by atoms with E-state index in [9.17, 15) is 9.59 Å². The minimum Gasteiger partial charge on any atom is -0.351 e. The highest BCUT2D eigenvalue weighted by Crippen LogP contribution is 2.21. The van der Waals surface area contributed by atoms with Crippen LogP contribution in [-0.4, -0.2) is 47.4 Å². The first-order chi connectivity index (χ1) is 11.1. The summed E-state index contributed by atoms with van der Waals surface area (Å²) >= 11 is 1.25. The van der Waals surface area contributed by atoms with E-state index in [1.54, 1.807) is 24.4 Å². The molecule has 3 heterocycles. The van der Waals surface area contributed by atoms with Gasteiger partial charge in [-0.25, -0.2) is 4.98 Å². The second-order valence-corrected chi connectivity index (χ2v) is 6.62. The van der Waals surface area contributed by atoms with Gasteiger partial charge in [0, 0.05) is 12.7 Å². The predicted octanol–water partition coefficient (Wildman–Crippen LogP) is 1.59. The molecule has 0 unspecified atom stereocenters. The van der Waals surface area contributed by atoms with Crippen molar-refractivity contribution in [3.05, 3.63) is 45.7 Å². The van der Waals surface area contributed by atoms with Crippen molar-refractivity contribution in [3.8, 4) is 0 Å². The van der Waals surface area contributed by atoms with E-state index < -0.39 is 0 Å². The van der Waals surface area contributed by atoms with Gasteiger partial charge in [-0.15, -0.1) is 11.3 Å². The number of thiophene rings is 1. The second-order valence-electron chi connectivity index (χ2n) is 5.59. The van der Waals surface area contributed by atoms with Crippen molar-refractivity contribution in [2.75, 3.05) is 27.2 Å². The van der Waals surface area contributed by atoms with Crippen LogP contribution in [0.2, 0.25) is 0 Å². The summed E-state index contributed by atoms with van der Waals surface area (Å²) in [5.41, 5.74) is 0.443. The summed E-state index contributed by atoms with van der Waals surface area (Å²) in [5.74, 6) is -0.153. The molecule has 3 aromatic rings. The van der Waals surface area contributed by atoms with Crippen LogP contribution < -0.4 is 10.9 Å². The molecule has 0 saturated carbocycles. The van der Waals surface area contributed by atoms with E-state index in [1.807, 2.05) is 20.2 Å². The molecule has 0 saturated heterocycles. The number of carbonyl (C=O) groups excluding carboxylic acids is 1. The van der Waals surface area contributed by atoms with Gasteiger partial charge in [0.15, 0.2) is 0 Å². The van der Waals surface area contributed by atoms with Crippen LogP contribution in [0.5, 0.6) is 0 Å². The molecule has 1 N–H and O–H groups in total. The van der Waals surface area contributed by atoms with Gasteiger partial charge in [0.25, 0.3) is 11.5 Å². The summed E-state index contributed by atoms with van der Waals surface area (Å²) in [6.07, 6.45) is 2.57. The Morgan fingerprint density at radius 2 is 2.22 bits per heavy atom. The third-order valence-electron chi connectivity index (χ3n) is 3.51. The maximum Gasteiger partial charge on any atom is 0.266 e. The van der Waals surface area contributed by atoms with Crippen LogP contribution in [0.3, 0.4) is 0 Å². The molecule has 0 aromatic carbocycles. The van der Waals surface area contributed by atoms with E-state index in [0.717, 1.165) is 13.0 Å². The van der Waals surface area contributed by atoms with Crippen molar-refractivity contribution >= 4 is 33.1 Å². The number of amides is 1. The van der Waals surface area contributed by atoms with Gasteiger partial charge >= 0.3 is 0 Å². The van der Waals surface area contributed by atoms with Crippen LogP contribution in [0.4, 0.5) is 0 Å². The maximum absolute atomic E-state index is 12.5. The van der Waals surface area contributed by atoms with Crippen LogP contribution in [-0.2, 0) is 0 Å². The molecule has 0 aliphatic heterocycles. The second kappa shape index (κ2) is 6.47. The zero-order valence-corrected chi connectivity index (χ0v) is 13.9. The van der Waals surface area contributed by atoms with Crippen molar-refractivity contribution in [2.24, 2.45) is 0 Å². The topological polar surface area (TPSA) is 66.7 Å². The lowest BCUT2D eigenvalue weighted by molar-refractivity contribution is 0.0956. The quantitative estimate of drug-likeness (QED) is 0.722. The smallest absolute Gasteiger partial charge is 0.266 e. The maximum atomic E-state index is 12.5. The molecule has 3 aromatic heterocycles. The van der Waals surface area contributed by atoms with Crippen LogP contribution in [0.15, 0.2) is 35.3 Å². The molecule has 7 heteroatoms. The average molecular weight is 330 g/mol. The highest BCUT2D eigenvalue weighted by Gasteiger charge is 2.14. The number of aromatic nitrogens is 2. The molecule has 23 heavy (non-hydrogen) atoms.